The molecule has 0 amide bonds. The topological polar surface area (TPSA) is 34.0 Å². The van der Waals surface area contributed by atoms with Crippen molar-refractivity contribution in [3.05, 3.63) is 24.2 Å². The quantitative estimate of drug-likeness (QED) is 0.870. The Hall–Kier alpha value is -1.42. The van der Waals surface area contributed by atoms with Crippen LogP contribution >= 0.6 is 0 Å². The van der Waals surface area contributed by atoms with E-state index in [1.165, 1.54) is 38.3 Å². The summed E-state index contributed by atoms with van der Waals surface area (Å²) in [5.74, 6) is 1.91. The van der Waals surface area contributed by atoms with Gasteiger partial charge in [0, 0.05) is 18.2 Å². The van der Waals surface area contributed by atoms with Crippen LogP contribution in [0.25, 0.3) is 11.2 Å². The summed E-state index contributed by atoms with van der Waals surface area (Å²) in [4.78, 5) is 12.0. The highest BCUT2D eigenvalue weighted by Gasteiger charge is 2.26. The van der Waals surface area contributed by atoms with Crippen molar-refractivity contribution in [2.24, 2.45) is 5.92 Å². The number of hydrogen-bond donors (Lipinski definition) is 0. The number of hydrogen-bond acceptors (Lipinski definition) is 3. The maximum absolute atomic E-state index is 4.87. The second-order valence-electron chi connectivity index (χ2n) is 7.52. The Bertz CT molecular complexity index is 630. The molecule has 0 spiro atoms. The molecule has 1 aliphatic rings. The van der Waals surface area contributed by atoms with E-state index < -0.39 is 0 Å². The Balaban J connectivity index is 1.89. The molecule has 0 radical (unpaired) electrons. The van der Waals surface area contributed by atoms with Gasteiger partial charge in [-0.25, -0.2) is 9.97 Å². The molecular formula is C18H28N4. The Kier molecular flexibility index (Phi) is 4.22. The van der Waals surface area contributed by atoms with Crippen molar-refractivity contribution in [3.63, 3.8) is 0 Å². The molecule has 0 unspecified atom stereocenters. The molecule has 3 heterocycles. The highest BCUT2D eigenvalue weighted by atomic mass is 15.2. The van der Waals surface area contributed by atoms with E-state index in [1.54, 1.807) is 0 Å². The van der Waals surface area contributed by atoms with E-state index >= 15 is 0 Å². The lowest BCUT2D eigenvalue weighted by Crippen LogP contribution is -2.35. The van der Waals surface area contributed by atoms with Crippen molar-refractivity contribution < 1.29 is 0 Å². The zero-order chi connectivity index (χ0) is 15.7. The average Bonchev–Trinajstić information content (AvgIpc) is 2.87. The van der Waals surface area contributed by atoms with Crippen molar-refractivity contribution >= 4 is 11.2 Å². The van der Waals surface area contributed by atoms with Crippen LogP contribution in [0.3, 0.4) is 0 Å². The van der Waals surface area contributed by atoms with Crippen LogP contribution in [0.2, 0.25) is 0 Å². The molecule has 3 rings (SSSR count). The molecule has 0 aromatic carbocycles. The van der Waals surface area contributed by atoms with E-state index in [4.69, 9.17) is 4.98 Å². The molecule has 0 saturated carbocycles. The van der Waals surface area contributed by atoms with Crippen LogP contribution < -0.4 is 0 Å². The molecule has 0 atom stereocenters. The molecule has 120 valence electrons. The third-order valence-electron chi connectivity index (χ3n) is 4.77. The second-order valence-corrected chi connectivity index (χ2v) is 7.52. The van der Waals surface area contributed by atoms with E-state index in [0.717, 1.165) is 23.6 Å². The first kappa shape index (κ1) is 15.5. The summed E-state index contributed by atoms with van der Waals surface area (Å²) < 4.78 is 2.38. The van der Waals surface area contributed by atoms with Crippen molar-refractivity contribution in [1.29, 1.82) is 0 Å². The Labute approximate surface area is 133 Å². The van der Waals surface area contributed by atoms with Gasteiger partial charge in [0.25, 0.3) is 0 Å². The first-order valence-corrected chi connectivity index (χ1v) is 8.53. The van der Waals surface area contributed by atoms with Crippen LogP contribution in [0.5, 0.6) is 0 Å². The average molecular weight is 300 g/mol. The fourth-order valence-corrected chi connectivity index (χ4v) is 3.45. The minimum absolute atomic E-state index is 0.0464. The fourth-order valence-electron chi connectivity index (χ4n) is 3.45. The summed E-state index contributed by atoms with van der Waals surface area (Å²) in [7, 11) is 0. The number of piperidine rings is 1. The lowest BCUT2D eigenvalue weighted by Gasteiger charge is -2.32. The van der Waals surface area contributed by atoms with Gasteiger partial charge in [0.15, 0.2) is 5.65 Å². The second kappa shape index (κ2) is 5.99. The highest BCUT2D eigenvalue weighted by Crippen LogP contribution is 2.28. The molecule has 22 heavy (non-hydrogen) atoms. The van der Waals surface area contributed by atoms with E-state index in [1.807, 2.05) is 12.3 Å². The number of nitrogens with zero attached hydrogens (tertiary/aromatic N) is 4. The maximum Gasteiger partial charge on any atom is 0.160 e. The summed E-state index contributed by atoms with van der Waals surface area (Å²) in [5.41, 5.74) is 2.12. The Morgan fingerprint density at radius 3 is 2.59 bits per heavy atom. The van der Waals surface area contributed by atoms with Crippen molar-refractivity contribution in [2.45, 2.75) is 52.5 Å². The maximum atomic E-state index is 4.87. The normalized spacial score (nSPS) is 18.2. The lowest BCUT2D eigenvalue weighted by atomic mass is 9.93. The van der Waals surface area contributed by atoms with Crippen LogP contribution in [0.15, 0.2) is 18.3 Å². The standard InChI is InChI=1S/C18H28N4/c1-5-21-11-8-14(9-12-21)13-22-16-15(7-6-10-19-16)20-17(22)18(2,3)4/h6-7,10,14H,5,8-9,11-13H2,1-4H3. The van der Waals surface area contributed by atoms with Gasteiger partial charge in [-0.2, -0.15) is 0 Å². The minimum Gasteiger partial charge on any atom is -0.312 e. The molecule has 0 aliphatic carbocycles. The summed E-state index contributed by atoms with van der Waals surface area (Å²) in [6, 6.07) is 4.06. The van der Waals surface area contributed by atoms with Crippen molar-refractivity contribution in [1.82, 2.24) is 19.4 Å². The zero-order valence-electron chi connectivity index (χ0n) is 14.3. The molecule has 0 bridgehead atoms. The number of imidazole rings is 1. The molecule has 4 nitrogen and oxygen atoms in total. The monoisotopic (exact) mass is 300 g/mol. The van der Waals surface area contributed by atoms with Crippen molar-refractivity contribution in [3.8, 4) is 0 Å². The van der Waals surface area contributed by atoms with Gasteiger partial charge < -0.3 is 9.47 Å². The van der Waals surface area contributed by atoms with E-state index in [9.17, 15) is 0 Å². The van der Waals surface area contributed by atoms with Crippen LogP contribution in [-0.4, -0.2) is 39.1 Å². The predicted octanol–water partition coefficient (Wildman–Crippen LogP) is 3.46. The third-order valence-corrected chi connectivity index (χ3v) is 4.77. The predicted molar refractivity (Wildman–Crippen MR) is 91.1 cm³/mol. The smallest absolute Gasteiger partial charge is 0.160 e. The van der Waals surface area contributed by atoms with Crippen LogP contribution in [0.1, 0.15) is 46.4 Å². The van der Waals surface area contributed by atoms with Crippen LogP contribution in [0, 0.1) is 5.92 Å². The molecular weight excluding hydrogens is 272 g/mol. The number of rotatable bonds is 3. The molecule has 0 N–H and O–H groups in total. The van der Waals surface area contributed by atoms with Gasteiger partial charge in [0.2, 0.25) is 0 Å². The first-order chi connectivity index (χ1) is 10.5. The lowest BCUT2D eigenvalue weighted by molar-refractivity contribution is 0.180. The fraction of sp³-hybridized carbons (Fsp3) is 0.667. The van der Waals surface area contributed by atoms with Gasteiger partial charge in [0.1, 0.15) is 11.3 Å². The van der Waals surface area contributed by atoms with Gasteiger partial charge in [-0.1, -0.05) is 27.7 Å². The van der Waals surface area contributed by atoms with Crippen molar-refractivity contribution in [2.75, 3.05) is 19.6 Å². The van der Waals surface area contributed by atoms with Gasteiger partial charge in [-0.05, 0) is 50.5 Å². The molecule has 1 aliphatic heterocycles. The molecule has 2 aromatic heterocycles. The van der Waals surface area contributed by atoms with E-state index in [-0.39, 0.29) is 5.41 Å². The molecule has 4 heteroatoms. The number of likely N-dealkylation sites (tertiary alicyclic amines) is 1. The van der Waals surface area contributed by atoms with Crippen LogP contribution in [-0.2, 0) is 12.0 Å². The van der Waals surface area contributed by atoms with Gasteiger partial charge in [0.05, 0.1) is 0 Å². The SMILES string of the molecule is CCN1CCC(Cn2c(C(C)(C)C)nc3cccnc32)CC1. The summed E-state index contributed by atoms with van der Waals surface area (Å²) in [6.45, 7) is 13.7. The minimum atomic E-state index is 0.0464. The van der Waals surface area contributed by atoms with E-state index in [0.29, 0.717) is 0 Å². The summed E-state index contributed by atoms with van der Waals surface area (Å²) >= 11 is 0. The number of fused-ring (bicyclic) bond motifs is 1. The zero-order valence-corrected chi connectivity index (χ0v) is 14.3. The molecule has 2 aromatic rings. The Morgan fingerprint density at radius 1 is 1.23 bits per heavy atom. The number of aromatic nitrogens is 3. The summed E-state index contributed by atoms with van der Waals surface area (Å²) in [6.07, 6.45) is 4.44. The highest BCUT2D eigenvalue weighted by molar-refractivity contribution is 5.71. The van der Waals surface area contributed by atoms with Gasteiger partial charge >= 0.3 is 0 Å². The third kappa shape index (κ3) is 3.02. The largest absolute Gasteiger partial charge is 0.312 e. The van der Waals surface area contributed by atoms with Gasteiger partial charge in [-0.3, -0.25) is 0 Å². The Morgan fingerprint density at radius 2 is 1.95 bits per heavy atom. The van der Waals surface area contributed by atoms with Gasteiger partial charge in [-0.15, -0.1) is 0 Å². The molecule has 1 fully saturated rings. The summed E-state index contributed by atoms with van der Waals surface area (Å²) in [5, 5.41) is 0. The first-order valence-electron chi connectivity index (χ1n) is 8.53. The molecule has 1 saturated heterocycles. The number of pyridine rings is 1. The van der Waals surface area contributed by atoms with Crippen LogP contribution in [0.4, 0.5) is 0 Å². The van der Waals surface area contributed by atoms with E-state index in [2.05, 4.69) is 48.2 Å².